The topological polar surface area (TPSA) is 82.9 Å². The van der Waals surface area contributed by atoms with Gasteiger partial charge in [-0.05, 0) is 37.5 Å². The number of amides is 4. The average Bonchev–Trinajstić information content (AvgIpc) is 2.97. The fourth-order valence-corrected chi connectivity index (χ4v) is 4.54. The molecule has 2 aliphatic rings. The summed E-state index contributed by atoms with van der Waals surface area (Å²) in [6.07, 6.45) is 2.30. The first-order chi connectivity index (χ1) is 14.9. The summed E-state index contributed by atoms with van der Waals surface area (Å²) in [7, 11) is 1.61. The number of aryl methyl sites for hydroxylation is 1. The van der Waals surface area contributed by atoms with E-state index in [1.807, 2.05) is 30.3 Å². The van der Waals surface area contributed by atoms with Crippen LogP contribution in [0.5, 0.6) is 0 Å². The lowest BCUT2D eigenvalue weighted by Gasteiger charge is -2.42. The molecule has 1 spiro atoms. The number of imide groups is 1. The first-order valence-corrected chi connectivity index (χ1v) is 10.5. The maximum absolute atomic E-state index is 13.3. The fourth-order valence-electron chi connectivity index (χ4n) is 4.54. The van der Waals surface area contributed by atoms with Crippen LogP contribution in [0, 0.1) is 0 Å². The SMILES string of the molecule is CCN1C(=O)N(Cc2ccccc2)C2(CCN(C(=O)c3cccn(C)c3=O)CC2)C1=O. The number of urea groups is 1. The van der Waals surface area contributed by atoms with Gasteiger partial charge >= 0.3 is 6.03 Å². The second kappa shape index (κ2) is 8.02. The Labute approximate surface area is 180 Å². The van der Waals surface area contributed by atoms with Crippen LogP contribution in [0.1, 0.15) is 35.7 Å². The molecule has 0 saturated carbocycles. The van der Waals surface area contributed by atoms with Crippen molar-refractivity contribution < 1.29 is 14.4 Å². The number of hydrogen-bond donors (Lipinski definition) is 0. The van der Waals surface area contributed by atoms with Crippen molar-refractivity contribution in [2.24, 2.45) is 7.05 Å². The normalized spacial score (nSPS) is 18.2. The summed E-state index contributed by atoms with van der Waals surface area (Å²) in [5.74, 6) is -0.534. The molecule has 1 aromatic carbocycles. The molecule has 2 aliphatic heterocycles. The number of carbonyl (C=O) groups excluding carboxylic acids is 3. The van der Waals surface area contributed by atoms with E-state index in [9.17, 15) is 19.2 Å². The van der Waals surface area contributed by atoms with Gasteiger partial charge in [-0.25, -0.2) is 4.79 Å². The van der Waals surface area contributed by atoms with Crippen LogP contribution in [-0.4, -0.2) is 62.3 Å². The Hall–Kier alpha value is -3.42. The van der Waals surface area contributed by atoms with Crippen molar-refractivity contribution in [2.45, 2.75) is 31.8 Å². The van der Waals surface area contributed by atoms with Gasteiger partial charge in [0.05, 0.1) is 0 Å². The molecular formula is C23H26N4O4. The summed E-state index contributed by atoms with van der Waals surface area (Å²) in [6.45, 7) is 3.05. The highest BCUT2D eigenvalue weighted by Gasteiger charge is 2.57. The van der Waals surface area contributed by atoms with E-state index in [4.69, 9.17) is 0 Å². The van der Waals surface area contributed by atoms with Crippen LogP contribution in [-0.2, 0) is 18.4 Å². The standard InChI is InChI=1S/C23H26N4O4/c1-3-26-21(30)23(27(22(26)31)16-17-8-5-4-6-9-17)11-14-25(15-12-23)20(29)18-10-7-13-24(2)19(18)28/h4-10,13H,3,11-12,14-16H2,1-2H3. The third-order valence-electron chi connectivity index (χ3n) is 6.35. The highest BCUT2D eigenvalue weighted by Crippen LogP contribution is 2.38. The predicted molar refractivity (Wildman–Crippen MR) is 114 cm³/mol. The highest BCUT2D eigenvalue weighted by atomic mass is 16.2. The summed E-state index contributed by atoms with van der Waals surface area (Å²) in [5, 5.41) is 0. The van der Waals surface area contributed by atoms with E-state index >= 15 is 0 Å². The molecule has 8 nitrogen and oxygen atoms in total. The Kier molecular flexibility index (Phi) is 5.39. The van der Waals surface area contributed by atoms with Crippen LogP contribution < -0.4 is 5.56 Å². The summed E-state index contributed by atoms with van der Waals surface area (Å²) in [5.41, 5.74) is -0.234. The molecule has 0 atom stereocenters. The minimum Gasteiger partial charge on any atom is -0.338 e. The average molecular weight is 422 g/mol. The number of carbonyl (C=O) groups is 3. The second-order valence-corrected chi connectivity index (χ2v) is 8.07. The van der Waals surface area contributed by atoms with Gasteiger partial charge in [-0.1, -0.05) is 30.3 Å². The van der Waals surface area contributed by atoms with Gasteiger partial charge in [0.15, 0.2) is 0 Å². The number of benzene rings is 1. The zero-order valence-corrected chi connectivity index (χ0v) is 17.8. The van der Waals surface area contributed by atoms with Gasteiger partial charge in [-0.2, -0.15) is 0 Å². The number of hydrogen-bond acceptors (Lipinski definition) is 4. The summed E-state index contributed by atoms with van der Waals surface area (Å²) in [6, 6.07) is 12.5. The molecule has 162 valence electrons. The quantitative estimate of drug-likeness (QED) is 0.704. The first-order valence-electron chi connectivity index (χ1n) is 10.5. The molecule has 4 amide bonds. The van der Waals surface area contributed by atoms with E-state index in [0.717, 1.165) is 5.56 Å². The summed E-state index contributed by atoms with van der Waals surface area (Å²) >= 11 is 0. The zero-order chi connectivity index (χ0) is 22.2. The number of rotatable bonds is 4. The van der Waals surface area contributed by atoms with Gasteiger partial charge in [0.2, 0.25) is 0 Å². The molecule has 0 aliphatic carbocycles. The van der Waals surface area contributed by atoms with E-state index in [1.54, 1.807) is 36.0 Å². The van der Waals surface area contributed by atoms with Gasteiger partial charge in [-0.3, -0.25) is 19.3 Å². The molecule has 0 bridgehead atoms. The monoisotopic (exact) mass is 422 g/mol. The van der Waals surface area contributed by atoms with E-state index in [0.29, 0.717) is 39.0 Å². The van der Waals surface area contributed by atoms with Crippen molar-refractivity contribution in [1.29, 1.82) is 0 Å². The van der Waals surface area contributed by atoms with E-state index < -0.39 is 5.54 Å². The fraction of sp³-hybridized carbons (Fsp3) is 0.391. The zero-order valence-electron chi connectivity index (χ0n) is 17.8. The molecular weight excluding hydrogens is 396 g/mol. The Morgan fingerprint density at radius 3 is 2.32 bits per heavy atom. The number of nitrogens with zero attached hydrogens (tertiary/aromatic N) is 4. The Balaban J connectivity index is 1.58. The Morgan fingerprint density at radius 2 is 1.68 bits per heavy atom. The van der Waals surface area contributed by atoms with Crippen molar-refractivity contribution in [1.82, 2.24) is 19.3 Å². The minimum absolute atomic E-state index is 0.117. The van der Waals surface area contributed by atoms with Gasteiger partial charge in [0.25, 0.3) is 17.4 Å². The van der Waals surface area contributed by atoms with Crippen molar-refractivity contribution in [3.63, 3.8) is 0 Å². The maximum atomic E-state index is 13.3. The number of aromatic nitrogens is 1. The molecule has 3 heterocycles. The Morgan fingerprint density at radius 1 is 1.00 bits per heavy atom. The molecule has 0 unspecified atom stereocenters. The van der Waals surface area contributed by atoms with Crippen LogP contribution in [0.3, 0.4) is 0 Å². The van der Waals surface area contributed by atoms with Crippen LogP contribution in [0.15, 0.2) is 53.5 Å². The van der Waals surface area contributed by atoms with Gasteiger partial charge in [-0.15, -0.1) is 0 Å². The molecule has 8 heteroatoms. The Bertz CT molecular complexity index is 1070. The largest absolute Gasteiger partial charge is 0.338 e. The van der Waals surface area contributed by atoms with E-state index in [2.05, 4.69) is 0 Å². The molecule has 0 N–H and O–H groups in total. The van der Waals surface area contributed by atoms with Gasteiger partial charge in [0, 0.05) is 39.4 Å². The smallest absolute Gasteiger partial charge is 0.327 e. The van der Waals surface area contributed by atoms with Crippen molar-refractivity contribution in [3.05, 3.63) is 70.1 Å². The van der Waals surface area contributed by atoms with Crippen LogP contribution in [0.2, 0.25) is 0 Å². The van der Waals surface area contributed by atoms with Crippen molar-refractivity contribution in [3.8, 4) is 0 Å². The highest BCUT2D eigenvalue weighted by molar-refractivity contribution is 6.07. The lowest BCUT2D eigenvalue weighted by molar-refractivity contribution is -0.135. The van der Waals surface area contributed by atoms with E-state index in [-0.39, 0.29) is 29.0 Å². The summed E-state index contributed by atoms with van der Waals surface area (Å²) in [4.78, 5) is 56.2. The van der Waals surface area contributed by atoms with Gasteiger partial charge in [0.1, 0.15) is 11.1 Å². The predicted octanol–water partition coefficient (Wildman–Crippen LogP) is 1.84. The molecule has 2 aromatic rings. The minimum atomic E-state index is -0.957. The van der Waals surface area contributed by atoms with Crippen molar-refractivity contribution in [2.75, 3.05) is 19.6 Å². The molecule has 1 aromatic heterocycles. The molecule has 0 radical (unpaired) electrons. The van der Waals surface area contributed by atoms with Gasteiger partial charge < -0.3 is 14.4 Å². The van der Waals surface area contributed by atoms with Crippen molar-refractivity contribution >= 4 is 17.8 Å². The summed E-state index contributed by atoms with van der Waals surface area (Å²) < 4.78 is 1.37. The van der Waals surface area contributed by atoms with Crippen LogP contribution in [0.25, 0.3) is 0 Å². The van der Waals surface area contributed by atoms with Crippen LogP contribution in [0.4, 0.5) is 4.79 Å². The lowest BCUT2D eigenvalue weighted by atomic mass is 9.85. The number of likely N-dealkylation sites (tertiary alicyclic amines) is 1. The first kappa shape index (κ1) is 20.8. The number of pyridine rings is 1. The van der Waals surface area contributed by atoms with E-state index in [1.165, 1.54) is 15.5 Å². The lowest BCUT2D eigenvalue weighted by Crippen LogP contribution is -2.57. The molecule has 2 saturated heterocycles. The second-order valence-electron chi connectivity index (χ2n) is 8.07. The molecule has 4 rings (SSSR count). The number of piperidine rings is 1. The third kappa shape index (κ3) is 3.41. The third-order valence-corrected chi connectivity index (χ3v) is 6.35. The van der Waals surface area contributed by atoms with Crippen LogP contribution >= 0.6 is 0 Å². The molecule has 2 fully saturated rings. The maximum Gasteiger partial charge on any atom is 0.327 e. The number of likely N-dealkylation sites (N-methyl/N-ethyl adjacent to an activating group) is 1. The molecule has 31 heavy (non-hydrogen) atoms.